The Hall–Kier alpha value is -2.93. The van der Waals surface area contributed by atoms with Gasteiger partial charge in [-0.15, -0.1) is 0 Å². The minimum absolute atomic E-state index is 0.957. The Morgan fingerprint density at radius 3 is 1.73 bits per heavy atom. The predicted octanol–water partition coefficient (Wildman–Crippen LogP) is 5.42. The van der Waals surface area contributed by atoms with E-state index in [0.717, 1.165) is 11.3 Å². The average Bonchev–Trinajstić information content (AvgIpc) is 2.60. The van der Waals surface area contributed by atoms with Crippen LogP contribution in [-0.4, -0.2) is 4.98 Å². The fraction of sp³-hybridized carbons (Fsp3) is 0. The Bertz CT molecular complexity index is 707. The van der Waals surface area contributed by atoms with Gasteiger partial charge < -0.3 is 0 Å². The Labute approximate surface area is 131 Å². The molecule has 3 aromatic rings. The van der Waals surface area contributed by atoms with Crippen LogP contribution in [0.25, 0.3) is 24.3 Å². The molecule has 2 aromatic carbocycles. The highest BCUT2D eigenvalue weighted by Crippen LogP contribution is 2.11. The zero-order chi connectivity index (χ0) is 15.0. The molecule has 0 fully saturated rings. The third-order valence-electron chi connectivity index (χ3n) is 3.32. The highest BCUT2D eigenvalue weighted by molar-refractivity contribution is 5.72. The van der Waals surface area contributed by atoms with Gasteiger partial charge in [-0.25, -0.2) is 0 Å². The first-order valence-electron chi connectivity index (χ1n) is 7.32. The van der Waals surface area contributed by atoms with E-state index < -0.39 is 0 Å². The van der Waals surface area contributed by atoms with Gasteiger partial charge in [0.15, 0.2) is 0 Å². The summed E-state index contributed by atoms with van der Waals surface area (Å²) in [5.74, 6) is 0. The number of aromatic nitrogens is 1. The van der Waals surface area contributed by atoms with Crippen molar-refractivity contribution < 1.29 is 0 Å². The van der Waals surface area contributed by atoms with Crippen LogP contribution in [0.2, 0.25) is 0 Å². The molecule has 0 unspecified atom stereocenters. The van der Waals surface area contributed by atoms with Gasteiger partial charge in [0.1, 0.15) is 0 Å². The summed E-state index contributed by atoms with van der Waals surface area (Å²) in [4.78, 5) is 4.39. The normalized spacial score (nSPS) is 11.3. The van der Waals surface area contributed by atoms with E-state index in [2.05, 4.69) is 53.5 Å². The summed E-state index contributed by atoms with van der Waals surface area (Å²) >= 11 is 0. The van der Waals surface area contributed by atoms with Crippen LogP contribution in [0.1, 0.15) is 22.4 Å². The van der Waals surface area contributed by atoms with Crippen LogP contribution in [-0.2, 0) is 0 Å². The van der Waals surface area contributed by atoms with Crippen LogP contribution < -0.4 is 0 Å². The minimum atomic E-state index is 0.957. The van der Waals surface area contributed by atoms with Crippen molar-refractivity contribution in [3.05, 3.63) is 101 Å². The minimum Gasteiger partial charge on any atom is -0.257 e. The average molecular weight is 283 g/mol. The molecule has 0 atom stereocenters. The van der Waals surface area contributed by atoms with Crippen LogP contribution in [0, 0.1) is 0 Å². The largest absolute Gasteiger partial charge is 0.257 e. The molecule has 0 bridgehead atoms. The SMILES string of the molecule is C(=C\c1ccnc(/C=C/c2ccccc2)c1)/c1ccccc1. The maximum Gasteiger partial charge on any atom is 0.0635 e. The predicted molar refractivity (Wildman–Crippen MR) is 95.0 cm³/mol. The second-order valence-corrected chi connectivity index (χ2v) is 5.00. The molecule has 0 saturated carbocycles. The van der Waals surface area contributed by atoms with Gasteiger partial charge in [-0.3, -0.25) is 4.98 Å². The van der Waals surface area contributed by atoms with E-state index in [1.165, 1.54) is 11.1 Å². The van der Waals surface area contributed by atoms with E-state index in [9.17, 15) is 0 Å². The maximum atomic E-state index is 4.39. The molecule has 3 rings (SSSR count). The highest BCUT2D eigenvalue weighted by atomic mass is 14.6. The number of hydrogen-bond donors (Lipinski definition) is 0. The third-order valence-corrected chi connectivity index (χ3v) is 3.32. The molecule has 0 amide bonds. The van der Waals surface area contributed by atoms with Gasteiger partial charge in [0, 0.05) is 6.20 Å². The molecule has 0 spiro atoms. The topological polar surface area (TPSA) is 12.9 Å². The van der Waals surface area contributed by atoms with Crippen molar-refractivity contribution >= 4 is 24.3 Å². The number of rotatable bonds is 4. The second-order valence-electron chi connectivity index (χ2n) is 5.00. The fourth-order valence-electron chi connectivity index (χ4n) is 2.16. The van der Waals surface area contributed by atoms with Crippen LogP contribution in [0.5, 0.6) is 0 Å². The first kappa shape index (κ1) is 14.0. The van der Waals surface area contributed by atoms with E-state index in [-0.39, 0.29) is 0 Å². The first-order chi connectivity index (χ1) is 10.9. The Morgan fingerprint density at radius 2 is 1.09 bits per heavy atom. The summed E-state index contributed by atoms with van der Waals surface area (Å²) in [6.45, 7) is 0. The number of hydrogen-bond acceptors (Lipinski definition) is 1. The third kappa shape index (κ3) is 4.03. The van der Waals surface area contributed by atoms with Crippen molar-refractivity contribution in [2.75, 3.05) is 0 Å². The molecule has 1 nitrogen and oxygen atoms in total. The first-order valence-corrected chi connectivity index (χ1v) is 7.32. The van der Waals surface area contributed by atoms with Crippen molar-refractivity contribution in [3.8, 4) is 0 Å². The lowest BCUT2D eigenvalue weighted by atomic mass is 10.1. The summed E-state index contributed by atoms with van der Waals surface area (Å²) in [7, 11) is 0. The van der Waals surface area contributed by atoms with Gasteiger partial charge in [0.25, 0.3) is 0 Å². The monoisotopic (exact) mass is 283 g/mol. The lowest BCUT2D eigenvalue weighted by Crippen LogP contribution is -1.81. The quantitative estimate of drug-likeness (QED) is 0.622. The van der Waals surface area contributed by atoms with Gasteiger partial charge in [-0.1, -0.05) is 78.9 Å². The second kappa shape index (κ2) is 7.19. The Balaban J connectivity index is 1.75. The summed E-state index contributed by atoms with van der Waals surface area (Å²) in [5.41, 5.74) is 4.47. The van der Waals surface area contributed by atoms with Gasteiger partial charge in [0.05, 0.1) is 5.69 Å². The highest BCUT2D eigenvalue weighted by Gasteiger charge is 1.92. The smallest absolute Gasteiger partial charge is 0.0635 e. The number of benzene rings is 2. The molecule has 22 heavy (non-hydrogen) atoms. The van der Waals surface area contributed by atoms with E-state index in [1.54, 1.807) is 0 Å². The zero-order valence-corrected chi connectivity index (χ0v) is 12.3. The Kier molecular flexibility index (Phi) is 4.58. The maximum absolute atomic E-state index is 4.39. The van der Waals surface area contributed by atoms with Gasteiger partial charge in [0.2, 0.25) is 0 Å². The standard InChI is InChI=1S/C21H17N/c1-3-7-18(8-4-1)11-12-20-15-16-22-21(17-20)14-13-19-9-5-2-6-10-19/h1-17H/b12-11+,14-13+. The number of nitrogens with zero attached hydrogens (tertiary/aromatic N) is 1. The molecule has 0 aliphatic carbocycles. The van der Waals surface area contributed by atoms with Crippen molar-refractivity contribution in [1.29, 1.82) is 0 Å². The van der Waals surface area contributed by atoms with Crippen LogP contribution >= 0.6 is 0 Å². The van der Waals surface area contributed by atoms with Crippen LogP contribution in [0.15, 0.2) is 79.0 Å². The Morgan fingerprint density at radius 1 is 0.545 bits per heavy atom. The lowest BCUT2D eigenvalue weighted by Gasteiger charge is -1.97. The molecule has 0 N–H and O–H groups in total. The van der Waals surface area contributed by atoms with Crippen molar-refractivity contribution in [2.24, 2.45) is 0 Å². The molecular weight excluding hydrogens is 266 g/mol. The summed E-state index contributed by atoms with van der Waals surface area (Å²) in [5, 5.41) is 0. The molecule has 0 saturated heterocycles. The molecule has 0 aliphatic rings. The summed E-state index contributed by atoms with van der Waals surface area (Å²) < 4.78 is 0. The van der Waals surface area contributed by atoms with Gasteiger partial charge in [-0.2, -0.15) is 0 Å². The van der Waals surface area contributed by atoms with Gasteiger partial charge in [-0.05, 0) is 34.9 Å². The number of pyridine rings is 1. The fourth-order valence-corrected chi connectivity index (χ4v) is 2.16. The molecule has 0 radical (unpaired) electrons. The summed E-state index contributed by atoms with van der Waals surface area (Å²) in [6.07, 6.45) is 10.2. The van der Waals surface area contributed by atoms with Crippen LogP contribution in [0.4, 0.5) is 0 Å². The van der Waals surface area contributed by atoms with E-state index in [0.29, 0.717) is 0 Å². The summed E-state index contributed by atoms with van der Waals surface area (Å²) in [6, 6.07) is 24.6. The van der Waals surface area contributed by atoms with E-state index in [4.69, 9.17) is 0 Å². The lowest BCUT2D eigenvalue weighted by molar-refractivity contribution is 1.29. The van der Waals surface area contributed by atoms with Crippen LogP contribution in [0.3, 0.4) is 0 Å². The zero-order valence-electron chi connectivity index (χ0n) is 12.3. The molecule has 1 heteroatoms. The molecular formula is C21H17N. The van der Waals surface area contributed by atoms with Gasteiger partial charge >= 0.3 is 0 Å². The molecule has 1 heterocycles. The van der Waals surface area contributed by atoms with E-state index >= 15 is 0 Å². The van der Waals surface area contributed by atoms with Crippen molar-refractivity contribution in [2.45, 2.75) is 0 Å². The molecule has 1 aromatic heterocycles. The molecule has 0 aliphatic heterocycles. The van der Waals surface area contributed by atoms with Crippen molar-refractivity contribution in [1.82, 2.24) is 4.98 Å². The molecule has 106 valence electrons. The van der Waals surface area contributed by atoms with E-state index in [1.807, 2.05) is 54.7 Å². The van der Waals surface area contributed by atoms with Crippen molar-refractivity contribution in [3.63, 3.8) is 0 Å².